The van der Waals surface area contributed by atoms with Crippen molar-refractivity contribution in [1.29, 1.82) is 0 Å². The van der Waals surface area contributed by atoms with Crippen molar-refractivity contribution >= 4 is 36.2 Å². The third kappa shape index (κ3) is 3.12. The van der Waals surface area contributed by atoms with Gasteiger partial charge in [-0.2, -0.15) is 5.10 Å². The first-order valence-corrected chi connectivity index (χ1v) is 5.27. The van der Waals surface area contributed by atoms with Crippen molar-refractivity contribution in [2.45, 2.75) is 6.92 Å². The molecule has 0 fully saturated rings. The molecule has 3 N–H and O–H groups in total. The van der Waals surface area contributed by atoms with Crippen molar-refractivity contribution in [2.75, 3.05) is 11.3 Å². The van der Waals surface area contributed by atoms with E-state index in [2.05, 4.69) is 20.7 Å². The molecule has 2 rings (SSSR count). The number of nitrogens with one attached hydrogen (secondary N) is 1. The Labute approximate surface area is 115 Å². The number of nitrogens with zero attached hydrogens (tertiary/aromatic N) is 4. The molecule has 0 unspecified atom stereocenters. The maximum Gasteiger partial charge on any atom is 0.263 e. The van der Waals surface area contributed by atoms with Gasteiger partial charge in [0.1, 0.15) is 0 Å². The van der Waals surface area contributed by atoms with Gasteiger partial charge in [-0.25, -0.2) is 10.1 Å². The summed E-state index contributed by atoms with van der Waals surface area (Å²) in [5.41, 5.74) is 3.49. The van der Waals surface area contributed by atoms with Gasteiger partial charge in [0.2, 0.25) is 0 Å². The SMILES string of the molecule is Cc1nnc(NN=Cc2ccccc2Cl)n1N.Cl. The van der Waals surface area contributed by atoms with Crippen LogP contribution < -0.4 is 11.3 Å². The molecule has 1 aromatic carbocycles. The molecule has 0 amide bonds. The molecule has 0 aliphatic rings. The lowest BCUT2D eigenvalue weighted by atomic mass is 10.2. The highest BCUT2D eigenvalue weighted by atomic mass is 35.5. The molecule has 0 spiro atoms. The Hall–Kier alpha value is -1.79. The van der Waals surface area contributed by atoms with Crippen molar-refractivity contribution in [3.63, 3.8) is 0 Å². The first-order chi connectivity index (χ1) is 8.18. The molecule has 2 aromatic rings. The predicted octanol–water partition coefficient (Wildman–Crippen LogP) is 1.82. The van der Waals surface area contributed by atoms with E-state index in [-0.39, 0.29) is 12.4 Å². The highest BCUT2D eigenvalue weighted by Crippen LogP contribution is 2.12. The van der Waals surface area contributed by atoms with Gasteiger partial charge in [0.15, 0.2) is 5.82 Å². The van der Waals surface area contributed by atoms with E-state index in [0.717, 1.165) is 5.56 Å². The van der Waals surface area contributed by atoms with Gasteiger partial charge >= 0.3 is 0 Å². The summed E-state index contributed by atoms with van der Waals surface area (Å²) in [7, 11) is 0. The van der Waals surface area contributed by atoms with E-state index in [0.29, 0.717) is 16.8 Å². The average Bonchev–Trinajstić information content (AvgIpc) is 2.63. The summed E-state index contributed by atoms with van der Waals surface area (Å²) >= 11 is 5.96. The summed E-state index contributed by atoms with van der Waals surface area (Å²) in [6.07, 6.45) is 1.59. The number of halogens is 2. The molecule has 0 aliphatic heterocycles. The summed E-state index contributed by atoms with van der Waals surface area (Å²) < 4.78 is 1.31. The fourth-order valence-corrected chi connectivity index (χ4v) is 1.37. The van der Waals surface area contributed by atoms with Gasteiger partial charge in [-0.15, -0.1) is 22.6 Å². The second-order valence-electron chi connectivity index (χ2n) is 3.33. The molecular formula is C10H12Cl2N6. The van der Waals surface area contributed by atoms with Crippen molar-refractivity contribution in [3.05, 3.63) is 40.7 Å². The van der Waals surface area contributed by atoms with Crippen molar-refractivity contribution < 1.29 is 0 Å². The normalized spacial score (nSPS) is 10.3. The quantitative estimate of drug-likeness (QED) is 0.512. The van der Waals surface area contributed by atoms with Crippen LogP contribution in [0.5, 0.6) is 0 Å². The highest BCUT2D eigenvalue weighted by Gasteiger charge is 2.02. The third-order valence-corrected chi connectivity index (χ3v) is 2.48. The van der Waals surface area contributed by atoms with Crippen LogP contribution in [0.4, 0.5) is 5.95 Å². The van der Waals surface area contributed by atoms with Gasteiger partial charge in [-0.05, 0) is 13.0 Å². The maximum atomic E-state index is 5.96. The maximum absolute atomic E-state index is 5.96. The lowest BCUT2D eigenvalue weighted by Gasteiger charge is -1.99. The number of nitrogen functional groups attached to an aromatic ring is 1. The first-order valence-electron chi connectivity index (χ1n) is 4.89. The summed E-state index contributed by atoms with van der Waals surface area (Å²) in [5.74, 6) is 6.61. The van der Waals surface area contributed by atoms with Gasteiger partial charge < -0.3 is 5.84 Å². The number of rotatable bonds is 3. The number of aromatic nitrogens is 3. The number of benzene rings is 1. The number of nitrogens with two attached hydrogens (primary N) is 1. The fourth-order valence-electron chi connectivity index (χ4n) is 1.18. The molecule has 1 aromatic heterocycles. The van der Waals surface area contributed by atoms with E-state index in [4.69, 9.17) is 17.4 Å². The van der Waals surface area contributed by atoms with Gasteiger partial charge in [0.25, 0.3) is 5.95 Å². The Morgan fingerprint density at radius 1 is 1.39 bits per heavy atom. The zero-order valence-corrected chi connectivity index (χ0v) is 11.1. The molecule has 0 radical (unpaired) electrons. The van der Waals surface area contributed by atoms with Crippen LogP contribution in [0, 0.1) is 6.92 Å². The number of hydrogen-bond donors (Lipinski definition) is 2. The number of aryl methyl sites for hydroxylation is 1. The summed E-state index contributed by atoms with van der Waals surface area (Å²) in [5, 5.41) is 12.2. The zero-order chi connectivity index (χ0) is 12.3. The van der Waals surface area contributed by atoms with Crippen molar-refractivity contribution in [1.82, 2.24) is 14.9 Å². The predicted molar refractivity (Wildman–Crippen MR) is 74.8 cm³/mol. The van der Waals surface area contributed by atoms with E-state index in [1.165, 1.54) is 4.68 Å². The molecule has 8 heteroatoms. The molecule has 18 heavy (non-hydrogen) atoms. The lowest BCUT2D eigenvalue weighted by molar-refractivity contribution is 0.926. The zero-order valence-electron chi connectivity index (χ0n) is 9.54. The Morgan fingerprint density at radius 2 is 2.11 bits per heavy atom. The third-order valence-electron chi connectivity index (χ3n) is 2.14. The summed E-state index contributed by atoms with van der Waals surface area (Å²) in [6, 6.07) is 7.38. The minimum Gasteiger partial charge on any atom is -0.335 e. The standard InChI is InChI=1S/C10H11ClN6.ClH/c1-7-14-16-10(17(7)12)15-13-6-8-4-2-3-5-9(8)11;/h2-6H,12H2,1H3,(H,15,16);1H. The lowest BCUT2D eigenvalue weighted by Crippen LogP contribution is -2.13. The second kappa shape index (κ2) is 6.23. The molecule has 0 saturated heterocycles. The van der Waals surface area contributed by atoms with Crippen LogP contribution in [0.1, 0.15) is 11.4 Å². The van der Waals surface area contributed by atoms with Crippen molar-refractivity contribution in [2.24, 2.45) is 5.10 Å². The first kappa shape index (κ1) is 14.3. The van der Waals surface area contributed by atoms with Crippen LogP contribution in [0.3, 0.4) is 0 Å². The smallest absolute Gasteiger partial charge is 0.263 e. The van der Waals surface area contributed by atoms with Crippen LogP contribution >= 0.6 is 24.0 Å². The number of hydrazone groups is 1. The summed E-state index contributed by atoms with van der Waals surface area (Å²) in [6.45, 7) is 1.75. The molecule has 6 nitrogen and oxygen atoms in total. The summed E-state index contributed by atoms with van der Waals surface area (Å²) in [4.78, 5) is 0. The van der Waals surface area contributed by atoms with E-state index >= 15 is 0 Å². The molecule has 0 bridgehead atoms. The Kier molecular flexibility index (Phi) is 4.94. The van der Waals surface area contributed by atoms with Gasteiger partial charge in [-0.3, -0.25) is 0 Å². The van der Waals surface area contributed by atoms with Crippen LogP contribution in [0.15, 0.2) is 29.4 Å². The van der Waals surface area contributed by atoms with Crippen LogP contribution in [0.25, 0.3) is 0 Å². The van der Waals surface area contributed by atoms with Gasteiger partial charge in [0.05, 0.1) is 6.21 Å². The Balaban J connectivity index is 0.00000162. The van der Waals surface area contributed by atoms with Crippen LogP contribution in [-0.2, 0) is 0 Å². The molecular weight excluding hydrogens is 275 g/mol. The molecule has 1 heterocycles. The van der Waals surface area contributed by atoms with E-state index in [1.807, 2.05) is 18.2 Å². The monoisotopic (exact) mass is 286 g/mol. The Bertz CT molecular complexity index is 551. The second-order valence-corrected chi connectivity index (χ2v) is 3.74. The average molecular weight is 287 g/mol. The molecule has 0 atom stereocenters. The van der Waals surface area contributed by atoms with Gasteiger partial charge in [0, 0.05) is 10.6 Å². The minimum absolute atomic E-state index is 0. The number of anilines is 1. The topological polar surface area (TPSA) is 81.1 Å². The minimum atomic E-state index is 0. The van der Waals surface area contributed by atoms with Crippen LogP contribution in [0.2, 0.25) is 5.02 Å². The van der Waals surface area contributed by atoms with E-state index in [9.17, 15) is 0 Å². The Morgan fingerprint density at radius 3 is 2.72 bits per heavy atom. The largest absolute Gasteiger partial charge is 0.335 e. The number of hydrogen-bond acceptors (Lipinski definition) is 5. The van der Waals surface area contributed by atoms with E-state index in [1.54, 1.807) is 19.2 Å². The van der Waals surface area contributed by atoms with Crippen molar-refractivity contribution in [3.8, 4) is 0 Å². The highest BCUT2D eigenvalue weighted by molar-refractivity contribution is 6.33. The van der Waals surface area contributed by atoms with Gasteiger partial charge in [-0.1, -0.05) is 29.8 Å². The molecule has 0 saturated carbocycles. The van der Waals surface area contributed by atoms with E-state index < -0.39 is 0 Å². The molecule has 0 aliphatic carbocycles. The fraction of sp³-hybridized carbons (Fsp3) is 0.100. The van der Waals surface area contributed by atoms with Crippen LogP contribution in [-0.4, -0.2) is 21.1 Å². The molecule has 96 valence electrons.